The number of hydrogen-bond acceptors (Lipinski definition) is 5. The molecule has 0 spiro atoms. The van der Waals surface area contributed by atoms with Gasteiger partial charge in [0.15, 0.2) is 0 Å². The molecule has 29 heavy (non-hydrogen) atoms. The van der Waals surface area contributed by atoms with Gasteiger partial charge in [-0.25, -0.2) is 17.8 Å². The maximum absolute atomic E-state index is 13.4. The minimum atomic E-state index is -3.90. The highest BCUT2D eigenvalue weighted by molar-refractivity contribution is 7.99. The number of sulfonamides is 1. The van der Waals surface area contributed by atoms with Crippen LogP contribution in [0.25, 0.3) is 11.3 Å². The van der Waals surface area contributed by atoms with Crippen molar-refractivity contribution in [2.75, 3.05) is 10.5 Å². The average Bonchev–Trinajstić information content (AvgIpc) is 2.73. The van der Waals surface area contributed by atoms with E-state index in [1.165, 1.54) is 54.2 Å². The van der Waals surface area contributed by atoms with Crippen LogP contribution in [-0.4, -0.2) is 19.2 Å². The second-order valence-corrected chi connectivity index (χ2v) is 8.57. The summed E-state index contributed by atoms with van der Waals surface area (Å²) in [5, 5.41) is 9.94. The summed E-state index contributed by atoms with van der Waals surface area (Å²) in [6, 6.07) is 16.9. The molecule has 1 N–H and O–H groups in total. The fraction of sp³-hybridized carbons (Fsp3) is 0.0476. The van der Waals surface area contributed by atoms with E-state index in [4.69, 9.17) is 0 Å². The molecule has 0 bridgehead atoms. The molecule has 0 aliphatic heterocycles. The number of thioether (sulfide) groups is 1. The van der Waals surface area contributed by atoms with Gasteiger partial charge in [0.25, 0.3) is 10.0 Å². The van der Waals surface area contributed by atoms with Gasteiger partial charge in [-0.15, -0.1) is 18.3 Å². The summed E-state index contributed by atoms with van der Waals surface area (Å²) in [7, 11) is -3.90. The van der Waals surface area contributed by atoms with Crippen LogP contribution in [0.2, 0.25) is 0 Å². The third-order valence-corrected chi connectivity index (χ3v) is 6.23. The normalized spacial score (nSPS) is 10.9. The third-order valence-electron chi connectivity index (χ3n) is 3.86. The first-order valence-electron chi connectivity index (χ1n) is 8.47. The first kappa shape index (κ1) is 20.6. The molecule has 0 aliphatic rings. The van der Waals surface area contributed by atoms with Crippen molar-refractivity contribution in [3.63, 3.8) is 0 Å². The fourth-order valence-electron chi connectivity index (χ4n) is 2.53. The molecule has 0 atom stereocenters. The maximum atomic E-state index is 13.4. The van der Waals surface area contributed by atoms with Gasteiger partial charge < -0.3 is 0 Å². The van der Waals surface area contributed by atoms with E-state index in [-0.39, 0.29) is 16.1 Å². The number of rotatable bonds is 7. The zero-order valence-corrected chi connectivity index (χ0v) is 16.8. The molecule has 3 rings (SSSR count). The molecular weight excluding hydrogens is 409 g/mol. The quantitative estimate of drug-likeness (QED) is 0.433. The smallest absolute Gasteiger partial charge is 0.261 e. The number of nitriles is 1. The molecular formula is C21H16FN3O2S2. The number of benzene rings is 2. The first-order chi connectivity index (χ1) is 13.9. The summed E-state index contributed by atoms with van der Waals surface area (Å²) >= 11 is 1.30. The second kappa shape index (κ2) is 8.90. The van der Waals surface area contributed by atoms with Crippen LogP contribution in [0, 0.1) is 17.1 Å². The Hall–Kier alpha value is -3.15. The molecule has 146 valence electrons. The molecule has 0 saturated carbocycles. The van der Waals surface area contributed by atoms with Crippen LogP contribution >= 0.6 is 11.8 Å². The predicted molar refractivity (Wildman–Crippen MR) is 113 cm³/mol. The summed E-state index contributed by atoms with van der Waals surface area (Å²) in [6.07, 6.45) is 1.68. The molecule has 0 saturated heterocycles. The Morgan fingerprint density at radius 1 is 1.17 bits per heavy atom. The SMILES string of the molecule is C=CCSc1nc(-c2ccc(F)cc2)c(NS(=O)(=O)c2ccccc2)cc1C#N. The average molecular weight is 426 g/mol. The van der Waals surface area contributed by atoms with Crippen LogP contribution in [0.15, 0.2) is 83.2 Å². The number of hydrogen-bond donors (Lipinski definition) is 1. The van der Waals surface area contributed by atoms with Crippen molar-refractivity contribution < 1.29 is 12.8 Å². The molecule has 0 aliphatic carbocycles. The Labute approximate surface area is 173 Å². The van der Waals surface area contributed by atoms with Crippen molar-refractivity contribution in [3.05, 3.63) is 84.7 Å². The summed E-state index contributed by atoms with van der Waals surface area (Å²) in [5.74, 6) is 0.106. The van der Waals surface area contributed by atoms with E-state index in [1.807, 2.05) is 6.07 Å². The molecule has 2 aromatic carbocycles. The largest absolute Gasteiger partial charge is 0.277 e. The van der Waals surface area contributed by atoms with Crippen molar-refractivity contribution in [3.8, 4) is 17.3 Å². The van der Waals surface area contributed by atoms with Crippen molar-refractivity contribution in [1.82, 2.24) is 4.98 Å². The molecule has 3 aromatic rings. The Kier molecular flexibility index (Phi) is 6.32. The lowest BCUT2D eigenvalue weighted by atomic mass is 10.1. The summed E-state index contributed by atoms with van der Waals surface area (Å²) in [4.78, 5) is 4.58. The van der Waals surface area contributed by atoms with Crippen LogP contribution in [0.4, 0.5) is 10.1 Å². The predicted octanol–water partition coefficient (Wildman–Crippen LogP) is 4.84. The van der Waals surface area contributed by atoms with Gasteiger partial charge in [0.05, 0.1) is 21.8 Å². The van der Waals surface area contributed by atoms with Gasteiger partial charge in [-0.2, -0.15) is 5.26 Å². The van der Waals surface area contributed by atoms with Gasteiger partial charge in [-0.1, -0.05) is 24.3 Å². The molecule has 0 amide bonds. The molecule has 8 heteroatoms. The van der Waals surface area contributed by atoms with Gasteiger partial charge in [-0.05, 0) is 42.5 Å². The van der Waals surface area contributed by atoms with E-state index >= 15 is 0 Å². The van der Waals surface area contributed by atoms with Crippen molar-refractivity contribution in [1.29, 1.82) is 5.26 Å². The van der Waals surface area contributed by atoms with Gasteiger partial charge >= 0.3 is 0 Å². The Bertz CT molecular complexity index is 1170. The van der Waals surface area contributed by atoms with Crippen LogP contribution < -0.4 is 4.72 Å². The third kappa shape index (κ3) is 4.83. The number of aromatic nitrogens is 1. The summed E-state index contributed by atoms with van der Waals surface area (Å²) in [5.41, 5.74) is 1.19. The lowest BCUT2D eigenvalue weighted by molar-refractivity contribution is 0.601. The molecule has 1 heterocycles. The molecule has 5 nitrogen and oxygen atoms in total. The zero-order chi connectivity index (χ0) is 20.9. The van der Waals surface area contributed by atoms with E-state index in [9.17, 15) is 18.1 Å². The lowest BCUT2D eigenvalue weighted by Gasteiger charge is -2.15. The van der Waals surface area contributed by atoms with Crippen LogP contribution in [0.5, 0.6) is 0 Å². The highest BCUT2D eigenvalue weighted by atomic mass is 32.2. The van der Waals surface area contributed by atoms with Crippen LogP contribution in [0.3, 0.4) is 0 Å². The van der Waals surface area contributed by atoms with E-state index in [0.717, 1.165) is 0 Å². The minimum Gasteiger partial charge on any atom is -0.277 e. The number of pyridine rings is 1. The van der Waals surface area contributed by atoms with Crippen molar-refractivity contribution in [2.24, 2.45) is 0 Å². The number of halogens is 1. The van der Waals surface area contributed by atoms with Gasteiger partial charge in [0.1, 0.15) is 16.9 Å². The summed E-state index contributed by atoms with van der Waals surface area (Å²) < 4.78 is 41.5. The van der Waals surface area contributed by atoms with E-state index in [2.05, 4.69) is 16.3 Å². The molecule has 0 radical (unpaired) electrons. The van der Waals surface area contributed by atoms with Crippen LogP contribution in [0.1, 0.15) is 5.56 Å². The monoisotopic (exact) mass is 425 g/mol. The van der Waals surface area contributed by atoms with Gasteiger partial charge in [0, 0.05) is 11.3 Å². The Balaban J connectivity index is 2.14. The molecule has 1 aromatic heterocycles. The second-order valence-electron chi connectivity index (χ2n) is 5.87. The Morgan fingerprint density at radius 3 is 2.48 bits per heavy atom. The van der Waals surface area contributed by atoms with Crippen molar-refractivity contribution in [2.45, 2.75) is 9.92 Å². The topological polar surface area (TPSA) is 82.8 Å². The maximum Gasteiger partial charge on any atom is 0.261 e. The van der Waals surface area contributed by atoms with Crippen molar-refractivity contribution >= 4 is 27.5 Å². The standard InChI is InChI=1S/C21H16FN3O2S2/c1-2-12-28-21-16(14-23)13-19(20(24-21)15-8-10-17(22)11-9-15)25-29(26,27)18-6-4-3-5-7-18/h2-11,13,25H,1,12H2. The van der Waals surface area contributed by atoms with Crippen LogP contribution in [-0.2, 0) is 10.0 Å². The zero-order valence-electron chi connectivity index (χ0n) is 15.2. The minimum absolute atomic E-state index is 0.0775. The lowest BCUT2D eigenvalue weighted by Crippen LogP contribution is -2.14. The van der Waals surface area contributed by atoms with Gasteiger partial charge in [-0.3, -0.25) is 4.72 Å². The summed E-state index contributed by atoms with van der Waals surface area (Å²) in [6.45, 7) is 3.66. The van der Waals surface area contributed by atoms with E-state index in [0.29, 0.717) is 22.0 Å². The fourth-order valence-corrected chi connectivity index (χ4v) is 4.30. The number of nitrogens with one attached hydrogen (secondary N) is 1. The first-order valence-corrected chi connectivity index (χ1v) is 10.9. The molecule has 0 unspecified atom stereocenters. The number of anilines is 1. The number of nitrogens with zero attached hydrogens (tertiary/aromatic N) is 2. The highest BCUT2D eigenvalue weighted by Gasteiger charge is 2.20. The van der Waals surface area contributed by atoms with E-state index < -0.39 is 15.8 Å². The Morgan fingerprint density at radius 2 is 1.86 bits per heavy atom. The van der Waals surface area contributed by atoms with Gasteiger partial charge in [0.2, 0.25) is 0 Å². The highest BCUT2D eigenvalue weighted by Crippen LogP contribution is 2.33. The van der Waals surface area contributed by atoms with E-state index in [1.54, 1.807) is 24.3 Å². The molecule has 0 fully saturated rings.